The highest BCUT2D eigenvalue weighted by Gasteiger charge is 2.39. The Hall–Kier alpha value is -0.200. The predicted molar refractivity (Wildman–Crippen MR) is 48.8 cm³/mol. The smallest absolute Gasteiger partial charge is 0.111 e. The summed E-state index contributed by atoms with van der Waals surface area (Å²) in [5.41, 5.74) is 0. The minimum absolute atomic E-state index is 0.207. The highest BCUT2D eigenvalue weighted by Crippen LogP contribution is 2.21. The second kappa shape index (κ2) is 5.04. The van der Waals surface area contributed by atoms with Crippen LogP contribution in [0.15, 0.2) is 0 Å². The Balaban J connectivity index is 2.73. The predicted octanol–water partition coefficient (Wildman–Crippen LogP) is -1.25. The van der Waals surface area contributed by atoms with Crippen LogP contribution >= 0.6 is 0 Å². The number of ether oxygens (including phenoxy) is 2. The molecule has 0 bridgehead atoms. The average Bonchev–Trinajstić information content (AvgIpc) is 2.27. The van der Waals surface area contributed by atoms with Gasteiger partial charge in [0.2, 0.25) is 0 Å². The van der Waals surface area contributed by atoms with Crippen LogP contribution < -0.4 is 0 Å². The number of methoxy groups -OCH3 is 1. The van der Waals surface area contributed by atoms with Crippen molar-refractivity contribution >= 4 is 0 Å². The summed E-state index contributed by atoms with van der Waals surface area (Å²) in [7, 11) is 1.46. The van der Waals surface area contributed by atoms with Gasteiger partial charge in [-0.3, -0.25) is 0 Å². The zero-order valence-electron chi connectivity index (χ0n) is 8.46. The highest BCUT2D eigenvalue weighted by molar-refractivity contribution is 4.88. The van der Waals surface area contributed by atoms with Crippen LogP contribution in [0.1, 0.15) is 6.92 Å². The molecule has 1 saturated heterocycles. The third-order valence-corrected chi connectivity index (χ3v) is 2.71. The van der Waals surface area contributed by atoms with Crippen molar-refractivity contribution in [2.24, 2.45) is 5.92 Å². The van der Waals surface area contributed by atoms with E-state index in [0.717, 1.165) is 0 Å². The Bertz CT molecular complexity index is 175. The van der Waals surface area contributed by atoms with Gasteiger partial charge < -0.3 is 24.8 Å². The third-order valence-electron chi connectivity index (χ3n) is 2.71. The topological polar surface area (TPSA) is 79.2 Å². The first-order valence-corrected chi connectivity index (χ1v) is 4.73. The molecule has 0 aromatic rings. The van der Waals surface area contributed by atoms with E-state index in [1.54, 1.807) is 6.92 Å². The maximum Gasteiger partial charge on any atom is 0.111 e. The van der Waals surface area contributed by atoms with Crippen LogP contribution in [0.25, 0.3) is 0 Å². The van der Waals surface area contributed by atoms with Crippen LogP contribution in [-0.4, -0.2) is 60.1 Å². The van der Waals surface area contributed by atoms with E-state index in [4.69, 9.17) is 14.6 Å². The summed E-state index contributed by atoms with van der Waals surface area (Å²) in [6, 6.07) is 0. The molecule has 0 amide bonds. The van der Waals surface area contributed by atoms with Crippen molar-refractivity contribution in [1.82, 2.24) is 0 Å². The van der Waals surface area contributed by atoms with Crippen molar-refractivity contribution in [2.45, 2.75) is 31.3 Å². The minimum atomic E-state index is -1.02. The monoisotopic (exact) mass is 206 g/mol. The molecule has 1 fully saturated rings. The van der Waals surface area contributed by atoms with Crippen molar-refractivity contribution in [3.05, 3.63) is 0 Å². The van der Waals surface area contributed by atoms with Crippen LogP contribution in [0.2, 0.25) is 0 Å². The SMILES string of the molecule is COC1C(C)OCC(CO)C(O)C1O. The van der Waals surface area contributed by atoms with Gasteiger partial charge in [-0.15, -0.1) is 0 Å². The van der Waals surface area contributed by atoms with E-state index in [1.165, 1.54) is 7.11 Å². The molecule has 5 atom stereocenters. The molecule has 0 aromatic carbocycles. The van der Waals surface area contributed by atoms with Crippen LogP contribution in [0, 0.1) is 5.92 Å². The van der Waals surface area contributed by atoms with Gasteiger partial charge in [0.25, 0.3) is 0 Å². The second-order valence-corrected chi connectivity index (χ2v) is 3.66. The van der Waals surface area contributed by atoms with Gasteiger partial charge in [0.05, 0.1) is 25.4 Å². The number of aliphatic hydroxyl groups excluding tert-OH is 3. The van der Waals surface area contributed by atoms with Gasteiger partial charge >= 0.3 is 0 Å². The molecule has 0 aliphatic carbocycles. The van der Waals surface area contributed by atoms with Crippen LogP contribution in [0.5, 0.6) is 0 Å². The summed E-state index contributed by atoms with van der Waals surface area (Å²) in [4.78, 5) is 0. The standard InChI is InChI=1S/C9H18O5/c1-5-9(13-2)8(12)7(11)6(3-10)4-14-5/h5-12H,3-4H2,1-2H3. The Morgan fingerprint density at radius 3 is 2.50 bits per heavy atom. The van der Waals surface area contributed by atoms with Gasteiger partial charge in [-0.2, -0.15) is 0 Å². The van der Waals surface area contributed by atoms with E-state index in [0.29, 0.717) is 0 Å². The fraction of sp³-hybridized carbons (Fsp3) is 1.00. The Morgan fingerprint density at radius 2 is 2.00 bits per heavy atom. The summed E-state index contributed by atoms with van der Waals surface area (Å²) in [6.07, 6.45) is -2.87. The van der Waals surface area contributed by atoms with Crippen molar-refractivity contribution in [1.29, 1.82) is 0 Å². The number of hydrogen-bond acceptors (Lipinski definition) is 5. The molecule has 14 heavy (non-hydrogen) atoms. The van der Waals surface area contributed by atoms with E-state index in [1.807, 2.05) is 0 Å². The van der Waals surface area contributed by atoms with Crippen molar-refractivity contribution < 1.29 is 24.8 Å². The van der Waals surface area contributed by atoms with Crippen molar-refractivity contribution in [2.75, 3.05) is 20.3 Å². The van der Waals surface area contributed by atoms with Gasteiger partial charge in [-0.1, -0.05) is 0 Å². The van der Waals surface area contributed by atoms with E-state index < -0.39 is 24.2 Å². The first-order valence-electron chi connectivity index (χ1n) is 4.73. The van der Waals surface area contributed by atoms with Crippen LogP contribution in [0.4, 0.5) is 0 Å². The summed E-state index contributed by atoms with van der Waals surface area (Å²) in [6.45, 7) is 1.79. The maximum absolute atomic E-state index is 9.72. The molecule has 0 radical (unpaired) electrons. The van der Waals surface area contributed by atoms with E-state index in [-0.39, 0.29) is 19.3 Å². The summed E-state index contributed by atoms with van der Waals surface area (Å²) >= 11 is 0. The van der Waals surface area contributed by atoms with Gasteiger partial charge in [0.1, 0.15) is 12.2 Å². The largest absolute Gasteiger partial charge is 0.396 e. The van der Waals surface area contributed by atoms with Crippen LogP contribution in [-0.2, 0) is 9.47 Å². The molecule has 1 aliphatic heterocycles. The first kappa shape index (κ1) is 11.9. The lowest BCUT2D eigenvalue weighted by Gasteiger charge is -2.27. The van der Waals surface area contributed by atoms with E-state index in [2.05, 4.69) is 0 Å². The third kappa shape index (κ3) is 2.24. The molecule has 0 spiro atoms. The molecule has 0 saturated carbocycles. The normalized spacial score (nSPS) is 44.8. The van der Waals surface area contributed by atoms with Gasteiger partial charge in [-0.25, -0.2) is 0 Å². The summed E-state index contributed by atoms with van der Waals surface area (Å²) in [5, 5.41) is 28.3. The lowest BCUT2D eigenvalue weighted by molar-refractivity contribution is -0.108. The van der Waals surface area contributed by atoms with Gasteiger partial charge in [0.15, 0.2) is 0 Å². The molecule has 5 nitrogen and oxygen atoms in total. The number of rotatable bonds is 2. The molecule has 1 heterocycles. The van der Waals surface area contributed by atoms with Crippen molar-refractivity contribution in [3.8, 4) is 0 Å². The quantitative estimate of drug-likeness (QED) is 0.526. The Labute approximate surface area is 83.3 Å². The summed E-state index contributed by atoms with van der Waals surface area (Å²) < 4.78 is 10.4. The first-order chi connectivity index (χ1) is 6.61. The maximum atomic E-state index is 9.72. The highest BCUT2D eigenvalue weighted by atomic mass is 16.5. The van der Waals surface area contributed by atoms with E-state index >= 15 is 0 Å². The Morgan fingerprint density at radius 1 is 1.36 bits per heavy atom. The molecule has 3 N–H and O–H groups in total. The van der Waals surface area contributed by atoms with Crippen molar-refractivity contribution in [3.63, 3.8) is 0 Å². The molecule has 84 valence electrons. The van der Waals surface area contributed by atoms with Crippen LogP contribution in [0.3, 0.4) is 0 Å². The molecule has 1 aliphatic rings. The number of aliphatic hydroxyl groups is 3. The fourth-order valence-corrected chi connectivity index (χ4v) is 1.71. The van der Waals surface area contributed by atoms with E-state index in [9.17, 15) is 10.2 Å². The Kier molecular flexibility index (Phi) is 4.28. The zero-order valence-corrected chi connectivity index (χ0v) is 8.46. The van der Waals surface area contributed by atoms with Gasteiger partial charge in [-0.05, 0) is 6.92 Å². The molecular weight excluding hydrogens is 188 g/mol. The second-order valence-electron chi connectivity index (χ2n) is 3.66. The van der Waals surface area contributed by atoms with Gasteiger partial charge in [0, 0.05) is 13.0 Å². The molecule has 5 heteroatoms. The molecule has 1 rings (SSSR count). The fourth-order valence-electron chi connectivity index (χ4n) is 1.71. The summed E-state index contributed by atoms with van der Waals surface area (Å²) in [5.74, 6) is -0.451. The average molecular weight is 206 g/mol. The molecule has 5 unspecified atom stereocenters. The molecule has 0 aromatic heterocycles. The minimum Gasteiger partial charge on any atom is -0.396 e. The lowest BCUT2D eigenvalue weighted by Crippen LogP contribution is -2.45. The lowest BCUT2D eigenvalue weighted by atomic mass is 9.96. The molecular formula is C9H18O5. The number of hydrogen-bond donors (Lipinski definition) is 3. The zero-order chi connectivity index (χ0) is 10.7.